The van der Waals surface area contributed by atoms with Gasteiger partial charge in [-0.2, -0.15) is 0 Å². The van der Waals surface area contributed by atoms with Crippen molar-refractivity contribution in [2.75, 3.05) is 27.7 Å². The number of carbonyl (C=O) groups excluding carboxylic acids is 2. The Morgan fingerprint density at radius 1 is 1.38 bits per heavy atom. The minimum absolute atomic E-state index is 0.179. The summed E-state index contributed by atoms with van der Waals surface area (Å²) in [6.07, 6.45) is 2.10. The van der Waals surface area contributed by atoms with E-state index in [2.05, 4.69) is 9.39 Å². The van der Waals surface area contributed by atoms with Gasteiger partial charge in [-0.1, -0.05) is 9.39 Å². The van der Waals surface area contributed by atoms with Crippen LogP contribution in [-0.4, -0.2) is 49.3 Å². The van der Waals surface area contributed by atoms with E-state index in [1.54, 1.807) is 30.7 Å². The van der Waals surface area contributed by atoms with Gasteiger partial charge in [-0.25, -0.2) is 0 Å². The van der Waals surface area contributed by atoms with Crippen molar-refractivity contribution in [2.24, 2.45) is 0 Å². The van der Waals surface area contributed by atoms with E-state index in [1.165, 1.54) is 6.20 Å². The molecule has 0 aromatic rings. The molecule has 0 aliphatic carbocycles. The van der Waals surface area contributed by atoms with Crippen LogP contribution >= 0.6 is 9.39 Å². The molecule has 0 aromatic carbocycles. The molecule has 0 N–H and O–H groups in total. The lowest BCUT2D eigenvalue weighted by Crippen LogP contribution is -2.20. The van der Waals surface area contributed by atoms with Crippen molar-refractivity contribution >= 4 is 21.5 Å². The Kier molecular flexibility index (Phi) is 5.51. The van der Waals surface area contributed by atoms with Crippen LogP contribution in [0.4, 0.5) is 0 Å². The van der Waals surface area contributed by atoms with E-state index >= 15 is 0 Å². The minimum Gasteiger partial charge on any atom is -0.383 e. The van der Waals surface area contributed by atoms with Crippen LogP contribution < -0.4 is 0 Å². The van der Waals surface area contributed by atoms with Crippen LogP contribution in [0.1, 0.15) is 0 Å². The molecule has 0 radical (unpaired) electrons. The molecule has 4 nitrogen and oxygen atoms in total. The molecule has 0 bridgehead atoms. The molecule has 13 heavy (non-hydrogen) atoms. The van der Waals surface area contributed by atoms with E-state index in [0.29, 0.717) is 6.29 Å². The highest BCUT2D eigenvalue weighted by molar-refractivity contribution is 7.13. The molecule has 0 aliphatic heterocycles. The first-order chi connectivity index (χ1) is 5.97. The van der Waals surface area contributed by atoms with Gasteiger partial charge in [-0.15, -0.1) is 0 Å². The maximum Gasteiger partial charge on any atom is 0.181 e. The van der Waals surface area contributed by atoms with Crippen molar-refractivity contribution < 1.29 is 9.59 Å². The monoisotopic (exact) mass is 202 g/mol. The lowest BCUT2D eigenvalue weighted by molar-refractivity contribution is -0.117. The van der Waals surface area contributed by atoms with Crippen LogP contribution in [-0.2, 0) is 9.59 Å². The van der Waals surface area contributed by atoms with Crippen LogP contribution in [0.25, 0.3) is 0 Å². The highest BCUT2D eigenvalue weighted by Gasteiger charge is 2.09. The van der Waals surface area contributed by atoms with Gasteiger partial charge in [0, 0.05) is 20.3 Å². The number of ketones is 1. The van der Waals surface area contributed by atoms with Crippen molar-refractivity contribution in [3.63, 3.8) is 0 Å². The summed E-state index contributed by atoms with van der Waals surface area (Å²) in [6.45, 7) is 0.225. The quantitative estimate of drug-likeness (QED) is 0.205. The number of aldehydes is 1. The number of hydrogen-bond donors (Lipinski definition) is 0. The molecule has 0 rings (SSSR count). The van der Waals surface area contributed by atoms with Crippen LogP contribution in [0.3, 0.4) is 0 Å². The largest absolute Gasteiger partial charge is 0.383 e. The summed E-state index contributed by atoms with van der Waals surface area (Å²) in [6, 6.07) is 0. The zero-order chi connectivity index (χ0) is 10.4. The van der Waals surface area contributed by atoms with Crippen LogP contribution in [0.2, 0.25) is 0 Å². The number of hydrogen-bond acceptors (Lipinski definition) is 4. The Morgan fingerprint density at radius 3 is 2.23 bits per heavy atom. The summed E-state index contributed by atoms with van der Waals surface area (Å²) in [4.78, 5) is 23.5. The summed E-state index contributed by atoms with van der Waals surface area (Å²) in [7, 11) is 7.65. The predicted octanol–water partition coefficient (Wildman–Crippen LogP) is -0.0782. The van der Waals surface area contributed by atoms with Gasteiger partial charge in [-0.3, -0.25) is 14.3 Å². The second-order valence-corrected chi connectivity index (χ2v) is 3.89. The molecule has 0 aliphatic rings. The van der Waals surface area contributed by atoms with Gasteiger partial charge in [0.05, 0.1) is 12.1 Å². The lowest BCUT2D eigenvalue weighted by atomic mass is 10.2. The molecule has 1 atom stereocenters. The van der Waals surface area contributed by atoms with E-state index in [1.807, 2.05) is 0 Å². The first kappa shape index (κ1) is 12.3. The molecule has 74 valence electrons. The van der Waals surface area contributed by atoms with Gasteiger partial charge in [-0.05, 0) is 7.05 Å². The van der Waals surface area contributed by atoms with Crippen molar-refractivity contribution in [3.8, 4) is 0 Å². The summed E-state index contributed by atoms with van der Waals surface area (Å²) >= 11 is 0. The molecule has 0 saturated heterocycles. The first-order valence-electron chi connectivity index (χ1n) is 3.79. The number of Topliss-reactive ketones (excluding diaryl/α,β-unsaturated/α-hetero) is 1. The number of rotatable bonds is 5. The molecule has 0 spiro atoms. The van der Waals surface area contributed by atoms with Crippen molar-refractivity contribution in [1.29, 1.82) is 0 Å². The van der Waals surface area contributed by atoms with Gasteiger partial charge in [0.1, 0.15) is 0 Å². The van der Waals surface area contributed by atoms with E-state index in [4.69, 9.17) is 0 Å². The second-order valence-electron chi connectivity index (χ2n) is 3.00. The summed E-state index contributed by atoms with van der Waals surface area (Å²) < 4.78 is 1.65. The zero-order valence-electron chi connectivity index (χ0n) is 8.15. The minimum atomic E-state index is -0.179. The van der Waals surface area contributed by atoms with Gasteiger partial charge in [0.25, 0.3) is 0 Å². The topological polar surface area (TPSA) is 40.6 Å². The fraction of sp³-hybridized carbons (Fsp3) is 0.500. The molecule has 0 saturated carbocycles. The maximum absolute atomic E-state index is 11.3. The molecule has 5 heteroatoms. The molecular formula is C8H15N2O2P. The number of carbonyl (C=O) groups is 2. The molecular weight excluding hydrogens is 187 g/mol. The Bertz CT molecular complexity index is 224. The van der Waals surface area contributed by atoms with Gasteiger partial charge in [0.2, 0.25) is 0 Å². The summed E-state index contributed by atoms with van der Waals surface area (Å²) in [5.74, 6) is -0.179. The maximum atomic E-state index is 11.3. The standard InChI is InChI=1S/C8H15N2O2P/c1-9(2)4-7(6-11)8(12)5-10(3)13/h4,6H,5,13H2,1-3H3/b7-4+. The Hall–Kier alpha value is -0.730. The van der Waals surface area contributed by atoms with Gasteiger partial charge < -0.3 is 4.90 Å². The van der Waals surface area contributed by atoms with E-state index in [-0.39, 0.29) is 17.9 Å². The van der Waals surface area contributed by atoms with Gasteiger partial charge >= 0.3 is 0 Å². The third-order valence-electron chi connectivity index (χ3n) is 1.24. The van der Waals surface area contributed by atoms with E-state index in [0.717, 1.165) is 0 Å². The highest BCUT2D eigenvalue weighted by atomic mass is 31.0. The Morgan fingerprint density at radius 2 is 1.92 bits per heavy atom. The highest BCUT2D eigenvalue weighted by Crippen LogP contribution is 1.99. The van der Waals surface area contributed by atoms with Crippen molar-refractivity contribution in [3.05, 3.63) is 11.8 Å². The van der Waals surface area contributed by atoms with Crippen LogP contribution in [0.5, 0.6) is 0 Å². The molecule has 0 aromatic heterocycles. The van der Waals surface area contributed by atoms with E-state index < -0.39 is 0 Å². The predicted molar refractivity (Wildman–Crippen MR) is 55.2 cm³/mol. The van der Waals surface area contributed by atoms with Crippen molar-refractivity contribution in [1.82, 2.24) is 9.57 Å². The number of nitrogens with zero attached hydrogens (tertiary/aromatic N) is 2. The first-order valence-corrected chi connectivity index (χ1v) is 4.31. The third kappa shape index (κ3) is 5.50. The summed E-state index contributed by atoms with van der Waals surface area (Å²) in [5.41, 5.74) is 0.194. The fourth-order valence-electron chi connectivity index (χ4n) is 0.764. The normalized spacial score (nSPS) is 11.6. The number of likely N-dealkylation sites (N-methyl/N-ethyl adjacent to an activating group) is 1. The average molecular weight is 202 g/mol. The van der Waals surface area contributed by atoms with Crippen LogP contribution in [0.15, 0.2) is 11.8 Å². The smallest absolute Gasteiger partial charge is 0.181 e. The van der Waals surface area contributed by atoms with Crippen molar-refractivity contribution in [2.45, 2.75) is 0 Å². The summed E-state index contributed by atoms with van der Waals surface area (Å²) in [5, 5.41) is 0. The SMILES string of the molecule is CN(C)/C=C(\C=O)C(=O)CN(C)P. The zero-order valence-corrected chi connectivity index (χ0v) is 9.30. The average Bonchev–Trinajstić information content (AvgIpc) is 1.98. The van der Waals surface area contributed by atoms with Gasteiger partial charge in [0.15, 0.2) is 12.1 Å². The lowest BCUT2D eigenvalue weighted by Gasteiger charge is -2.09. The molecule has 1 unspecified atom stereocenters. The molecule has 0 heterocycles. The Labute approximate surface area is 80.8 Å². The fourth-order valence-corrected chi connectivity index (χ4v) is 0.930. The third-order valence-corrected chi connectivity index (χ3v) is 1.42. The Balaban J connectivity index is 4.41. The van der Waals surface area contributed by atoms with E-state index in [9.17, 15) is 9.59 Å². The molecule has 0 amide bonds. The molecule has 0 fully saturated rings. The second kappa shape index (κ2) is 5.84. The van der Waals surface area contributed by atoms with Crippen LogP contribution in [0, 0.1) is 0 Å².